The molecule has 50 valence electrons. The van der Waals surface area contributed by atoms with Crippen molar-refractivity contribution in [1.29, 1.82) is 0 Å². The lowest BCUT2D eigenvalue weighted by Gasteiger charge is -1.83. The van der Waals surface area contributed by atoms with Crippen LogP contribution >= 0.6 is 0 Å². The predicted octanol–water partition coefficient (Wildman–Crippen LogP) is -0.00540. The first-order chi connectivity index (χ1) is 4.16. The van der Waals surface area contributed by atoms with Crippen LogP contribution in [-0.4, -0.2) is 23.0 Å². The number of hydrogen-bond donors (Lipinski definition) is 1. The highest BCUT2D eigenvalue weighted by Gasteiger charge is 2.00. The highest BCUT2D eigenvalue weighted by molar-refractivity contribution is 6.31. The molecular weight excluding hydrogens is 122 g/mol. The number of nitrogens with zero attached hydrogens (tertiary/aromatic N) is 1. The molecule has 0 fully saturated rings. The second kappa shape index (κ2) is 3.77. The van der Waals surface area contributed by atoms with E-state index in [0.29, 0.717) is 6.21 Å². The molecule has 0 aliphatic rings. The second-order valence-electron chi connectivity index (χ2n) is 1.59. The van der Waals surface area contributed by atoms with Crippen molar-refractivity contribution >= 4 is 17.8 Å². The van der Waals surface area contributed by atoms with Crippen molar-refractivity contribution in [1.82, 2.24) is 0 Å². The van der Waals surface area contributed by atoms with Crippen LogP contribution in [0.3, 0.4) is 0 Å². The average molecular weight is 129 g/mol. The van der Waals surface area contributed by atoms with Gasteiger partial charge in [0.2, 0.25) is 0 Å². The average Bonchev–Trinajstić information content (AvgIpc) is 1.63. The van der Waals surface area contributed by atoms with E-state index in [0.717, 1.165) is 0 Å². The van der Waals surface area contributed by atoms with Crippen molar-refractivity contribution in [3.63, 3.8) is 0 Å². The van der Waals surface area contributed by atoms with Crippen LogP contribution in [0.1, 0.15) is 13.3 Å². The predicted molar refractivity (Wildman–Crippen MR) is 30.6 cm³/mol. The quantitative estimate of drug-likeness (QED) is 0.252. The van der Waals surface area contributed by atoms with Gasteiger partial charge in [-0.3, -0.25) is 9.59 Å². The minimum Gasteiger partial charge on any atom is -0.411 e. The molecule has 1 N–H and O–H groups in total. The van der Waals surface area contributed by atoms with Crippen LogP contribution in [0.4, 0.5) is 0 Å². The third-order valence-electron chi connectivity index (χ3n) is 0.625. The Hall–Kier alpha value is -1.19. The standard InChI is InChI=1S/C5H7NO3/c1-4(7)2-5(8)3-6-9/h3,9H,2H2,1H3/b6-3+. The molecule has 0 amide bonds. The normalized spacial score (nSPS) is 9.89. The van der Waals surface area contributed by atoms with E-state index in [-0.39, 0.29) is 12.2 Å². The Morgan fingerprint density at radius 2 is 2.22 bits per heavy atom. The largest absolute Gasteiger partial charge is 0.411 e. The minimum absolute atomic E-state index is 0.190. The lowest BCUT2D eigenvalue weighted by atomic mass is 10.2. The molecule has 0 heterocycles. The lowest BCUT2D eigenvalue weighted by molar-refractivity contribution is -0.122. The summed E-state index contributed by atoms with van der Waals surface area (Å²) in [5.74, 6) is -0.718. The molecule has 9 heavy (non-hydrogen) atoms. The number of oxime groups is 1. The molecule has 0 aromatic heterocycles. The van der Waals surface area contributed by atoms with E-state index in [4.69, 9.17) is 5.21 Å². The summed E-state index contributed by atoms with van der Waals surface area (Å²) >= 11 is 0. The Balaban J connectivity index is 3.64. The van der Waals surface area contributed by atoms with Crippen molar-refractivity contribution in [2.45, 2.75) is 13.3 Å². The SMILES string of the molecule is CC(=O)CC(=O)/C=N/O. The Labute approximate surface area is 52.2 Å². The molecule has 0 aliphatic carbocycles. The summed E-state index contributed by atoms with van der Waals surface area (Å²) in [7, 11) is 0. The summed E-state index contributed by atoms with van der Waals surface area (Å²) in [4.78, 5) is 20.5. The second-order valence-corrected chi connectivity index (χ2v) is 1.59. The molecule has 0 saturated heterocycles. The van der Waals surface area contributed by atoms with Gasteiger partial charge in [0.15, 0.2) is 5.78 Å². The molecule has 0 bridgehead atoms. The van der Waals surface area contributed by atoms with Gasteiger partial charge in [-0.2, -0.15) is 0 Å². The van der Waals surface area contributed by atoms with Crippen LogP contribution in [0.2, 0.25) is 0 Å². The van der Waals surface area contributed by atoms with Gasteiger partial charge >= 0.3 is 0 Å². The topological polar surface area (TPSA) is 66.7 Å². The first-order valence-corrected chi connectivity index (χ1v) is 2.36. The Morgan fingerprint density at radius 3 is 2.56 bits per heavy atom. The van der Waals surface area contributed by atoms with Crippen LogP contribution in [0.15, 0.2) is 5.16 Å². The summed E-state index contributed by atoms with van der Waals surface area (Å²) in [6.07, 6.45) is 0.519. The smallest absolute Gasteiger partial charge is 0.184 e. The summed E-state index contributed by atoms with van der Waals surface area (Å²) in [6, 6.07) is 0. The van der Waals surface area contributed by atoms with E-state index in [1.165, 1.54) is 6.92 Å². The van der Waals surface area contributed by atoms with Gasteiger partial charge in [-0.25, -0.2) is 0 Å². The number of Topliss-reactive ketones (excluding diaryl/α,β-unsaturated/α-hetero) is 2. The van der Waals surface area contributed by atoms with Gasteiger partial charge in [0.1, 0.15) is 12.0 Å². The summed E-state index contributed by atoms with van der Waals surface area (Å²) in [6.45, 7) is 1.29. The van der Waals surface area contributed by atoms with Gasteiger partial charge in [-0.05, 0) is 6.92 Å². The van der Waals surface area contributed by atoms with Crippen molar-refractivity contribution < 1.29 is 14.8 Å². The molecule has 0 saturated carbocycles. The molecule has 4 heteroatoms. The molecule has 0 rings (SSSR count). The Bertz CT molecular complexity index is 150. The summed E-state index contributed by atoms with van der Waals surface area (Å²) in [5.41, 5.74) is 0. The fourth-order valence-electron chi connectivity index (χ4n) is 0.355. The number of carbonyl (C=O) groups excluding carboxylic acids is 2. The van der Waals surface area contributed by atoms with E-state index >= 15 is 0 Å². The van der Waals surface area contributed by atoms with Crippen LogP contribution in [0.5, 0.6) is 0 Å². The van der Waals surface area contributed by atoms with Crippen LogP contribution in [-0.2, 0) is 9.59 Å². The van der Waals surface area contributed by atoms with Gasteiger partial charge in [-0.15, -0.1) is 0 Å². The maximum Gasteiger partial charge on any atom is 0.184 e. The van der Waals surface area contributed by atoms with E-state index < -0.39 is 5.78 Å². The third-order valence-corrected chi connectivity index (χ3v) is 0.625. The highest BCUT2D eigenvalue weighted by Crippen LogP contribution is 1.80. The lowest BCUT2D eigenvalue weighted by Crippen LogP contribution is -2.04. The minimum atomic E-state index is -0.481. The number of rotatable bonds is 3. The number of ketones is 2. The van der Waals surface area contributed by atoms with Crippen molar-refractivity contribution in [3.05, 3.63) is 0 Å². The maximum absolute atomic E-state index is 10.3. The van der Waals surface area contributed by atoms with Gasteiger partial charge in [0.05, 0.1) is 6.42 Å². The van der Waals surface area contributed by atoms with Crippen molar-refractivity contribution in [2.75, 3.05) is 0 Å². The van der Waals surface area contributed by atoms with Crippen LogP contribution in [0.25, 0.3) is 0 Å². The molecule has 0 unspecified atom stereocenters. The van der Waals surface area contributed by atoms with Gasteiger partial charge in [-0.1, -0.05) is 5.16 Å². The third kappa shape index (κ3) is 4.67. The highest BCUT2D eigenvalue weighted by atomic mass is 16.4. The maximum atomic E-state index is 10.3. The fourth-order valence-corrected chi connectivity index (χ4v) is 0.355. The summed E-state index contributed by atoms with van der Waals surface area (Å²) in [5, 5.41) is 10.2. The van der Waals surface area contributed by atoms with E-state index in [9.17, 15) is 9.59 Å². The zero-order valence-electron chi connectivity index (χ0n) is 5.00. The molecule has 4 nitrogen and oxygen atoms in total. The van der Waals surface area contributed by atoms with E-state index in [2.05, 4.69) is 5.16 Å². The molecule has 0 aromatic carbocycles. The van der Waals surface area contributed by atoms with Crippen LogP contribution < -0.4 is 0 Å². The van der Waals surface area contributed by atoms with Gasteiger partial charge in [0.25, 0.3) is 0 Å². The molecular formula is C5H7NO3. The van der Waals surface area contributed by atoms with Gasteiger partial charge < -0.3 is 5.21 Å². The van der Waals surface area contributed by atoms with Crippen molar-refractivity contribution in [3.8, 4) is 0 Å². The molecule has 0 spiro atoms. The fraction of sp³-hybridized carbons (Fsp3) is 0.400. The number of hydrogen-bond acceptors (Lipinski definition) is 4. The molecule has 0 aliphatic heterocycles. The zero-order valence-corrected chi connectivity index (χ0v) is 5.00. The molecule has 0 aromatic rings. The molecule has 0 atom stereocenters. The zero-order chi connectivity index (χ0) is 7.28. The van der Waals surface area contributed by atoms with Crippen molar-refractivity contribution in [2.24, 2.45) is 5.16 Å². The van der Waals surface area contributed by atoms with Gasteiger partial charge in [0, 0.05) is 0 Å². The first-order valence-electron chi connectivity index (χ1n) is 2.36. The first kappa shape index (κ1) is 7.81. The van der Waals surface area contributed by atoms with E-state index in [1.54, 1.807) is 0 Å². The molecule has 0 radical (unpaired) electrons. The van der Waals surface area contributed by atoms with Crippen LogP contribution in [0, 0.1) is 0 Å². The van der Waals surface area contributed by atoms with E-state index in [1.807, 2.05) is 0 Å². The number of carbonyl (C=O) groups is 2. The summed E-state index contributed by atoms with van der Waals surface area (Å²) < 4.78 is 0. The Kier molecular flexibility index (Phi) is 3.27. The monoisotopic (exact) mass is 129 g/mol. The Morgan fingerprint density at radius 1 is 1.67 bits per heavy atom.